The van der Waals surface area contributed by atoms with Crippen molar-refractivity contribution in [2.45, 2.75) is 64.0 Å². The summed E-state index contributed by atoms with van der Waals surface area (Å²) in [5, 5.41) is 0. The van der Waals surface area contributed by atoms with E-state index in [4.69, 9.17) is 4.99 Å². The Bertz CT molecular complexity index is 754. The van der Waals surface area contributed by atoms with Gasteiger partial charge in [-0.05, 0) is 43.9 Å². The number of hydrogen-bond acceptors (Lipinski definition) is 4. The van der Waals surface area contributed by atoms with E-state index in [2.05, 4.69) is 71.4 Å². The molecule has 0 bridgehead atoms. The minimum Gasteiger partial charge on any atom is -0.334 e. The summed E-state index contributed by atoms with van der Waals surface area (Å²) in [6.45, 7) is 4.55. The maximum absolute atomic E-state index is 5.41. The summed E-state index contributed by atoms with van der Waals surface area (Å²) in [6, 6.07) is 10.9. The molecule has 0 saturated heterocycles. The van der Waals surface area contributed by atoms with E-state index in [0.717, 1.165) is 24.5 Å². The maximum atomic E-state index is 5.41. The Kier molecular flexibility index (Phi) is 4.66. The second kappa shape index (κ2) is 7.10. The molecule has 0 aromatic heterocycles. The largest absolute Gasteiger partial charge is 0.334 e. The molecular weight excluding hydrogens is 320 g/mol. The van der Waals surface area contributed by atoms with Gasteiger partial charge in [0, 0.05) is 24.3 Å². The van der Waals surface area contributed by atoms with E-state index >= 15 is 0 Å². The van der Waals surface area contributed by atoms with Crippen molar-refractivity contribution in [3.63, 3.8) is 0 Å². The monoisotopic (exact) mass is 348 g/mol. The number of allylic oxidation sites excluding steroid dienone is 1. The van der Waals surface area contributed by atoms with Crippen molar-refractivity contribution < 1.29 is 0 Å². The molecule has 1 aromatic rings. The van der Waals surface area contributed by atoms with Gasteiger partial charge in [0.2, 0.25) is 0 Å². The summed E-state index contributed by atoms with van der Waals surface area (Å²) >= 11 is 0. The lowest BCUT2D eigenvalue weighted by Gasteiger charge is -2.47. The molecule has 26 heavy (non-hydrogen) atoms. The topological polar surface area (TPSA) is 31.2 Å². The predicted octanol–water partition coefficient (Wildman–Crippen LogP) is 5.11. The molecule has 0 N–H and O–H groups in total. The minimum atomic E-state index is 0.0924. The van der Waals surface area contributed by atoms with E-state index in [1.165, 1.54) is 31.4 Å². The molecule has 1 atom stereocenters. The number of nitrogens with zero attached hydrogens (tertiary/aromatic N) is 4. The molecule has 136 valence electrons. The molecular formula is C22H28N4. The van der Waals surface area contributed by atoms with Gasteiger partial charge in [-0.3, -0.25) is 9.89 Å². The van der Waals surface area contributed by atoms with Gasteiger partial charge in [-0.1, -0.05) is 44.9 Å². The van der Waals surface area contributed by atoms with Crippen molar-refractivity contribution in [3.8, 4) is 0 Å². The van der Waals surface area contributed by atoms with E-state index in [1.807, 2.05) is 12.3 Å². The van der Waals surface area contributed by atoms with Crippen molar-refractivity contribution in [2.75, 3.05) is 4.90 Å². The van der Waals surface area contributed by atoms with Crippen LogP contribution in [0.2, 0.25) is 0 Å². The highest BCUT2D eigenvalue weighted by Crippen LogP contribution is 2.40. The fourth-order valence-electron chi connectivity index (χ4n) is 4.54. The van der Waals surface area contributed by atoms with Crippen LogP contribution in [0.5, 0.6) is 0 Å². The Labute approximate surface area is 156 Å². The normalized spacial score (nSPS) is 23.2. The molecule has 0 aliphatic carbocycles. The zero-order valence-corrected chi connectivity index (χ0v) is 15.8. The molecule has 0 spiro atoms. The first kappa shape index (κ1) is 17.1. The van der Waals surface area contributed by atoms with E-state index in [-0.39, 0.29) is 11.6 Å². The van der Waals surface area contributed by atoms with Crippen molar-refractivity contribution >= 4 is 17.7 Å². The molecule has 3 aliphatic rings. The number of hydrogen-bond donors (Lipinski definition) is 0. The molecule has 4 nitrogen and oxygen atoms in total. The van der Waals surface area contributed by atoms with E-state index in [9.17, 15) is 0 Å². The number of rotatable bonds is 5. The van der Waals surface area contributed by atoms with Crippen LogP contribution in [0, 0.1) is 0 Å². The summed E-state index contributed by atoms with van der Waals surface area (Å²) in [6.07, 6.45) is 15.1. The summed E-state index contributed by atoms with van der Waals surface area (Å²) in [4.78, 5) is 14.6. The number of benzene rings is 1. The van der Waals surface area contributed by atoms with Crippen LogP contribution in [0.4, 0.5) is 5.69 Å². The smallest absolute Gasteiger partial charge is 0.154 e. The maximum Gasteiger partial charge on any atom is 0.154 e. The van der Waals surface area contributed by atoms with Crippen LogP contribution < -0.4 is 4.90 Å². The van der Waals surface area contributed by atoms with E-state index in [1.54, 1.807) is 0 Å². The van der Waals surface area contributed by atoms with Gasteiger partial charge < -0.3 is 4.90 Å². The molecule has 3 aliphatic heterocycles. The second-order valence-electron chi connectivity index (χ2n) is 7.47. The molecule has 3 heterocycles. The van der Waals surface area contributed by atoms with Crippen molar-refractivity contribution in [2.24, 2.45) is 9.98 Å². The summed E-state index contributed by atoms with van der Waals surface area (Å²) in [5.41, 5.74) is 1.30. The molecule has 0 amide bonds. The molecule has 0 fully saturated rings. The van der Waals surface area contributed by atoms with Gasteiger partial charge in [-0.15, -0.1) is 0 Å². The average Bonchev–Trinajstić information content (AvgIpc) is 2.68. The van der Waals surface area contributed by atoms with Gasteiger partial charge in [0.25, 0.3) is 0 Å². The van der Waals surface area contributed by atoms with Crippen LogP contribution in [0.25, 0.3) is 0 Å². The molecule has 4 rings (SSSR count). The van der Waals surface area contributed by atoms with Gasteiger partial charge in [0.15, 0.2) is 5.82 Å². The fraction of sp³-hybridized carbons (Fsp3) is 0.455. The lowest BCUT2D eigenvalue weighted by atomic mass is 9.80. The summed E-state index contributed by atoms with van der Waals surface area (Å²) < 4.78 is 0. The van der Waals surface area contributed by atoms with Crippen LogP contribution in [-0.4, -0.2) is 28.5 Å². The SMILES string of the molecule is CCCC1(CCC)CCC2C(=N1)N1C=CC=NC1=CN2c1ccccc1. The van der Waals surface area contributed by atoms with Crippen molar-refractivity contribution in [3.05, 3.63) is 54.6 Å². The third-order valence-corrected chi connectivity index (χ3v) is 5.63. The highest BCUT2D eigenvalue weighted by molar-refractivity contribution is 5.96. The lowest BCUT2D eigenvalue weighted by Crippen LogP contribution is -2.54. The van der Waals surface area contributed by atoms with Crippen molar-refractivity contribution in [1.29, 1.82) is 0 Å². The number of fused-ring (bicyclic) bond motifs is 3. The van der Waals surface area contributed by atoms with Crippen LogP contribution in [0.15, 0.2) is 64.6 Å². The first-order valence-corrected chi connectivity index (χ1v) is 9.91. The first-order chi connectivity index (χ1) is 12.8. The quantitative estimate of drug-likeness (QED) is 0.741. The number of aliphatic imine (C=N–C) groups is 2. The third-order valence-electron chi connectivity index (χ3n) is 5.63. The Hall–Kier alpha value is -2.36. The first-order valence-electron chi connectivity index (χ1n) is 9.91. The van der Waals surface area contributed by atoms with Gasteiger partial charge in [0.1, 0.15) is 5.84 Å². The Balaban J connectivity index is 1.79. The van der Waals surface area contributed by atoms with E-state index in [0.29, 0.717) is 0 Å². The Morgan fingerprint density at radius 1 is 1.12 bits per heavy atom. The molecule has 1 aromatic carbocycles. The van der Waals surface area contributed by atoms with Crippen LogP contribution >= 0.6 is 0 Å². The highest BCUT2D eigenvalue weighted by atomic mass is 15.4. The van der Waals surface area contributed by atoms with Gasteiger partial charge in [-0.25, -0.2) is 4.99 Å². The predicted molar refractivity (Wildman–Crippen MR) is 109 cm³/mol. The number of para-hydroxylation sites is 1. The number of amidine groups is 1. The summed E-state index contributed by atoms with van der Waals surface area (Å²) in [7, 11) is 0. The molecule has 1 unspecified atom stereocenters. The Morgan fingerprint density at radius 2 is 1.88 bits per heavy atom. The summed E-state index contributed by atoms with van der Waals surface area (Å²) in [5.74, 6) is 2.11. The third kappa shape index (κ3) is 2.98. The van der Waals surface area contributed by atoms with Crippen LogP contribution in [0.3, 0.4) is 0 Å². The van der Waals surface area contributed by atoms with Gasteiger partial charge in [0.05, 0.1) is 11.6 Å². The minimum absolute atomic E-state index is 0.0924. The molecule has 0 saturated carbocycles. The van der Waals surface area contributed by atoms with Crippen LogP contribution in [-0.2, 0) is 0 Å². The van der Waals surface area contributed by atoms with E-state index < -0.39 is 0 Å². The van der Waals surface area contributed by atoms with Crippen molar-refractivity contribution in [1.82, 2.24) is 4.90 Å². The van der Waals surface area contributed by atoms with Gasteiger partial charge >= 0.3 is 0 Å². The standard InChI is InChI=1S/C22H28N4/c1-3-12-22(13-4-2)14-11-19-21(24-22)25-16-8-15-23-20(25)17-26(19)18-9-6-5-7-10-18/h5-10,15-17,19H,3-4,11-14H2,1-2H3. The Morgan fingerprint density at radius 3 is 2.62 bits per heavy atom. The zero-order chi connectivity index (χ0) is 18.0. The highest BCUT2D eigenvalue weighted by Gasteiger charge is 2.42. The second-order valence-corrected chi connectivity index (χ2v) is 7.47. The number of anilines is 1. The molecule has 0 radical (unpaired) electrons. The molecule has 4 heteroatoms. The fourth-order valence-corrected chi connectivity index (χ4v) is 4.54. The zero-order valence-electron chi connectivity index (χ0n) is 15.8. The van der Waals surface area contributed by atoms with Crippen LogP contribution in [0.1, 0.15) is 52.4 Å². The van der Waals surface area contributed by atoms with Gasteiger partial charge in [-0.2, -0.15) is 0 Å². The lowest BCUT2D eigenvalue weighted by molar-refractivity contribution is 0.299. The average molecular weight is 348 g/mol.